The molecule has 3 aromatic rings. The minimum absolute atomic E-state index is 0.118. The summed E-state index contributed by atoms with van der Waals surface area (Å²) in [7, 11) is 1.58. The first kappa shape index (κ1) is 30.2. The summed E-state index contributed by atoms with van der Waals surface area (Å²) in [5.74, 6) is -0.0595. The summed E-state index contributed by atoms with van der Waals surface area (Å²) in [5.41, 5.74) is 0.211. The van der Waals surface area contributed by atoms with Gasteiger partial charge in [-0.25, -0.2) is 4.39 Å². The molecule has 222 valence electrons. The highest BCUT2D eigenvalue weighted by molar-refractivity contribution is 5.95. The van der Waals surface area contributed by atoms with Crippen molar-refractivity contribution in [3.63, 3.8) is 0 Å². The Balaban J connectivity index is 1.16. The minimum atomic E-state index is -0.651. The zero-order valence-electron chi connectivity index (χ0n) is 23.3. The monoisotopic (exact) mass is 573 g/mol. The molecule has 4 rings (SSSR count). The summed E-state index contributed by atoms with van der Waals surface area (Å²) >= 11 is 0. The molecule has 0 unspecified atom stereocenters. The van der Waals surface area contributed by atoms with Gasteiger partial charge in [-0.3, -0.25) is 9.59 Å². The fourth-order valence-electron chi connectivity index (χ4n) is 4.40. The molecule has 0 aliphatic carbocycles. The summed E-state index contributed by atoms with van der Waals surface area (Å²) in [6.07, 6.45) is 2.99. The Labute approximate surface area is 237 Å². The van der Waals surface area contributed by atoms with E-state index in [-0.39, 0.29) is 35.6 Å². The second-order valence-electron chi connectivity index (χ2n) is 9.59. The van der Waals surface area contributed by atoms with E-state index in [2.05, 4.69) is 20.4 Å². The van der Waals surface area contributed by atoms with Crippen LogP contribution in [0.1, 0.15) is 36.2 Å². The second-order valence-corrected chi connectivity index (χ2v) is 9.59. The normalized spacial score (nSPS) is 15.0. The number of halogens is 1. The van der Waals surface area contributed by atoms with E-state index in [0.29, 0.717) is 38.7 Å². The van der Waals surface area contributed by atoms with Crippen LogP contribution in [-0.4, -0.2) is 97.5 Å². The minimum Gasteiger partial charge on any atom is -0.493 e. The number of hydrogen-bond donors (Lipinski definition) is 1. The number of hydrogen-bond acceptors (Lipinski definition) is 10. The third kappa shape index (κ3) is 8.84. The van der Waals surface area contributed by atoms with Crippen LogP contribution < -0.4 is 10.1 Å². The van der Waals surface area contributed by atoms with Gasteiger partial charge in [-0.05, 0) is 50.6 Å². The van der Waals surface area contributed by atoms with Gasteiger partial charge in [0.1, 0.15) is 24.2 Å². The van der Waals surface area contributed by atoms with Crippen molar-refractivity contribution in [2.45, 2.75) is 32.4 Å². The van der Waals surface area contributed by atoms with E-state index in [0.717, 1.165) is 32.5 Å². The van der Waals surface area contributed by atoms with Crippen LogP contribution in [-0.2, 0) is 20.9 Å². The van der Waals surface area contributed by atoms with Gasteiger partial charge in [0.2, 0.25) is 11.7 Å². The first-order valence-corrected chi connectivity index (χ1v) is 13.6. The third-order valence-electron chi connectivity index (χ3n) is 6.56. The number of nitrogens with zero attached hydrogens (tertiary/aromatic N) is 4. The van der Waals surface area contributed by atoms with Gasteiger partial charge in [-0.15, -0.1) is 0 Å². The van der Waals surface area contributed by atoms with Crippen LogP contribution in [0.5, 0.6) is 5.75 Å². The smallest absolute Gasteiger partial charge is 0.287 e. The molecular formula is C28H36FN5O7. The van der Waals surface area contributed by atoms with Gasteiger partial charge in [0.15, 0.2) is 5.76 Å². The van der Waals surface area contributed by atoms with Crippen molar-refractivity contribution >= 4 is 11.8 Å². The van der Waals surface area contributed by atoms with Crippen molar-refractivity contribution in [2.24, 2.45) is 0 Å². The molecule has 12 nitrogen and oxygen atoms in total. The lowest BCUT2D eigenvalue weighted by Crippen LogP contribution is -2.48. The fraction of sp³-hybridized carbons (Fsp3) is 0.500. The van der Waals surface area contributed by atoms with Crippen LogP contribution in [0.2, 0.25) is 0 Å². The average Bonchev–Trinajstić information content (AvgIpc) is 3.62. The molecule has 1 saturated heterocycles. The molecule has 2 amide bonds. The van der Waals surface area contributed by atoms with E-state index in [4.69, 9.17) is 23.2 Å². The zero-order chi connectivity index (χ0) is 29.0. The van der Waals surface area contributed by atoms with Crippen molar-refractivity contribution in [1.29, 1.82) is 0 Å². The van der Waals surface area contributed by atoms with Gasteiger partial charge in [0.05, 0.1) is 31.6 Å². The number of amides is 2. The first-order valence-electron chi connectivity index (χ1n) is 13.6. The highest BCUT2D eigenvalue weighted by Gasteiger charge is 2.25. The lowest BCUT2D eigenvalue weighted by Gasteiger charge is -2.25. The molecule has 3 heterocycles. The lowest BCUT2D eigenvalue weighted by molar-refractivity contribution is -0.132. The molecule has 13 heteroatoms. The number of carbonyl (C=O) groups is 2. The van der Waals surface area contributed by atoms with Gasteiger partial charge in [-0.2, -0.15) is 4.98 Å². The van der Waals surface area contributed by atoms with Crippen molar-refractivity contribution in [1.82, 2.24) is 25.3 Å². The van der Waals surface area contributed by atoms with E-state index in [1.807, 2.05) is 0 Å². The van der Waals surface area contributed by atoms with Crippen molar-refractivity contribution < 1.29 is 37.1 Å². The molecule has 1 fully saturated rings. The summed E-state index contributed by atoms with van der Waals surface area (Å²) in [5, 5.41) is 6.52. The molecule has 1 aliphatic rings. The van der Waals surface area contributed by atoms with Gasteiger partial charge in [-0.1, -0.05) is 5.16 Å². The average molecular weight is 574 g/mol. The summed E-state index contributed by atoms with van der Waals surface area (Å²) in [6.45, 7) is 6.61. The Morgan fingerprint density at radius 1 is 1.15 bits per heavy atom. The SMILES string of the molecule is COCCOCc1nc(-c2ccc(OCCCN3CCCN(C(=O)[C@H](C)NC(=O)c4ccco4)CC3)cc2F)no1. The first-order chi connectivity index (χ1) is 19.9. The van der Waals surface area contributed by atoms with Crippen LogP contribution in [0.4, 0.5) is 4.39 Å². The number of aromatic nitrogens is 2. The quantitative estimate of drug-likeness (QED) is 0.287. The Morgan fingerprint density at radius 3 is 2.80 bits per heavy atom. The topological polar surface area (TPSA) is 132 Å². The van der Waals surface area contributed by atoms with E-state index in [9.17, 15) is 14.0 Å². The van der Waals surface area contributed by atoms with Gasteiger partial charge in [0.25, 0.3) is 11.8 Å². The standard InChI is InChI=1S/C28H36FN5O7/c1-20(30-27(35)24-6-3-14-40-24)28(36)34-11-4-9-33(12-13-34)10-5-15-39-21-7-8-22(23(29)18-21)26-31-25(41-32-26)19-38-17-16-37-2/h3,6-8,14,18,20H,4-5,9-13,15-17,19H2,1-2H3,(H,30,35)/t20-/m0/s1. The third-order valence-corrected chi connectivity index (χ3v) is 6.56. The number of carbonyl (C=O) groups excluding carboxylic acids is 2. The van der Waals surface area contributed by atoms with E-state index in [1.165, 1.54) is 12.3 Å². The summed E-state index contributed by atoms with van der Waals surface area (Å²) in [4.78, 5) is 33.3. The molecule has 1 aromatic carbocycles. The number of nitrogens with one attached hydrogen (secondary N) is 1. The number of methoxy groups -OCH3 is 1. The zero-order valence-corrected chi connectivity index (χ0v) is 23.3. The van der Waals surface area contributed by atoms with Crippen LogP contribution in [0, 0.1) is 5.82 Å². The molecule has 1 atom stereocenters. The van der Waals surface area contributed by atoms with E-state index < -0.39 is 17.8 Å². The molecule has 2 aromatic heterocycles. The van der Waals surface area contributed by atoms with Gasteiger partial charge in [0, 0.05) is 39.4 Å². The van der Waals surface area contributed by atoms with Crippen LogP contribution in [0.3, 0.4) is 0 Å². The van der Waals surface area contributed by atoms with Crippen LogP contribution in [0.15, 0.2) is 45.5 Å². The molecule has 0 spiro atoms. The van der Waals surface area contributed by atoms with Crippen molar-refractivity contribution in [2.75, 3.05) is 59.7 Å². The predicted molar refractivity (Wildman–Crippen MR) is 145 cm³/mol. The number of furan rings is 1. The Kier molecular flexibility index (Phi) is 11.2. The molecular weight excluding hydrogens is 537 g/mol. The maximum absolute atomic E-state index is 14.7. The number of ether oxygens (including phenoxy) is 3. The number of rotatable bonds is 14. The molecule has 41 heavy (non-hydrogen) atoms. The van der Waals surface area contributed by atoms with Gasteiger partial charge < -0.3 is 38.3 Å². The van der Waals surface area contributed by atoms with E-state index in [1.54, 1.807) is 43.2 Å². The highest BCUT2D eigenvalue weighted by atomic mass is 19.1. The number of benzene rings is 1. The lowest BCUT2D eigenvalue weighted by atomic mass is 10.2. The Hall–Kier alpha value is -3.81. The van der Waals surface area contributed by atoms with Crippen LogP contribution >= 0.6 is 0 Å². The molecule has 0 saturated carbocycles. The van der Waals surface area contributed by atoms with Crippen molar-refractivity contribution in [3.05, 3.63) is 54.1 Å². The summed E-state index contributed by atoms with van der Waals surface area (Å²) < 4.78 is 40.9. The van der Waals surface area contributed by atoms with Gasteiger partial charge >= 0.3 is 0 Å². The summed E-state index contributed by atoms with van der Waals surface area (Å²) in [6, 6.07) is 7.07. The highest BCUT2D eigenvalue weighted by Crippen LogP contribution is 2.24. The molecule has 0 bridgehead atoms. The predicted octanol–water partition coefficient (Wildman–Crippen LogP) is 2.75. The molecule has 1 aliphatic heterocycles. The Morgan fingerprint density at radius 2 is 2.02 bits per heavy atom. The second kappa shape index (κ2) is 15.3. The Bertz CT molecular complexity index is 1250. The van der Waals surface area contributed by atoms with Crippen molar-refractivity contribution in [3.8, 4) is 17.1 Å². The molecule has 0 radical (unpaired) electrons. The molecule has 1 N–H and O–H groups in total. The van der Waals surface area contributed by atoms with Crippen LogP contribution in [0.25, 0.3) is 11.4 Å². The fourth-order valence-corrected chi connectivity index (χ4v) is 4.40. The van der Waals surface area contributed by atoms with E-state index >= 15 is 0 Å². The maximum atomic E-state index is 14.7. The largest absolute Gasteiger partial charge is 0.493 e. The maximum Gasteiger partial charge on any atom is 0.287 e.